The summed E-state index contributed by atoms with van der Waals surface area (Å²) < 4.78 is 21.0. The highest BCUT2D eigenvalue weighted by molar-refractivity contribution is 5.77. The number of methoxy groups -OCH3 is 3. The second-order valence-electron chi connectivity index (χ2n) is 6.50. The number of amides is 1. The number of carbonyl (C=O) groups excluding carboxylic acids is 2. The van der Waals surface area contributed by atoms with Gasteiger partial charge in [0.05, 0.1) is 34.5 Å². The maximum atomic E-state index is 12.6. The normalized spacial score (nSPS) is 14.5. The molecule has 2 rings (SSSR count). The summed E-state index contributed by atoms with van der Waals surface area (Å²) in [4.78, 5) is 28.0. The molecule has 1 aliphatic heterocycles. The van der Waals surface area contributed by atoms with Crippen LogP contribution in [0.4, 0.5) is 0 Å². The maximum absolute atomic E-state index is 12.6. The van der Waals surface area contributed by atoms with E-state index in [1.165, 1.54) is 0 Å². The van der Waals surface area contributed by atoms with Gasteiger partial charge in [-0.05, 0) is 31.0 Å². The minimum absolute atomic E-state index is 0.101. The highest BCUT2D eigenvalue weighted by Gasteiger charge is 2.23. The number of hydrogen-bond donors (Lipinski definition) is 0. The first-order chi connectivity index (χ1) is 13.5. The first kappa shape index (κ1) is 21.8. The zero-order valence-electron chi connectivity index (χ0n) is 17.2. The van der Waals surface area contributed by atoms with Gasteiger partial charge >= 0.3 is 5.97 Å². The lowest BCUT2D eigenvalue weighted by Gasteiger charge is -2.34. The molecule has 0 saturated carbocycles. The second-order valence-corrected chi connectivity index (χ2v) is 6.50. The van der Waals surface area contributed by atoms with E-state index in [2.05, 4.69) is 0 Å². The number of rotatable bonds is 9. The summed E-state index contributed by atoms with van der Waals surface area (Å²) in [6.07, 6.45) is 0.981. The summed E-state index contributed by atoms with van der Waals surface area (Å²) in [6.45, 7) is 5.05. The molecule has 156 valence electrons. The van der Waals surface area contributed by atoms with Gasteiger partial charge in [-0.25, -0.2) is 0 Å². The van der Waals surface area contributed by atoms with Crippen LogP contribution in [0.2, 0.25) is 0 Å². The zero-order chi connectivity index (χ0) is 20.5. The van der Waals surface area contributed by atoms with Crippen molar-refractivity contribution in [1.82, 2.24) is 9.80 Å². The van der Waals surface area contributed by atoms with Crippen molar-refractivity contribution in [3.63, 3.8) is 0 Å². The van der Waals surface area contributed by atoms with Crippen molar-refractivity contribution in [2.24, 2.45) is 0 Å². The molecule has 1 aromatic rings. The quantitative estimate of drug-likeness (QED) is 0.585. The van der Waals surface area contributed by atoms with E-state index < -0.39 is 0 Å². The first-order valence-electron chi connectivity index (χ1n) is 9.47. The number of hydrogen-bond acceptors (Lipinski definition) is 7. The third-order valence-electron chi connectivity index (χ3n) is 4.74. The van der Waals surface area contributed by atoms with E-state index in [0.717, 1.165) is 5.56 Å². The van der Waals surface area contributed by atoms with Crippen LogP contribution in [-0.4, -0.2) is 82.3 Å². The van der Waals surface area contributed by atoms with Gasteiger partial charge in [-0.2, -0.15) is 0 Å². The molecule has 0 atom stereocenters. The molecule has 1 heterocycles. The fourth-order valence-electron chi connectivity index (χ4n) is 3.23. The fourth-order valence-corrected chi connectivity index (χ4v) is 3.23. The van der Waals surface area contributed by atoms with Gasteiger partial charge in [0.1, 0.15) is 0 Å². The minimum atomic E-state index is -0.218. The Morgan fingerprint density at radius 2 is 1.57 bits per heavy atom. The van der Waals surface area contributed by atoms with Crippen LogP contribution < -0.4 is 14.2 Å². The summed E-state index contributed by atoms with van der Waals surface area (Å²) >= 11 is 0. The van der Waals surface area contributed by atoms with Crippen molar-refractivity contribution in [2.45, 2.75) is 19.8 Å². The van der Waals surface area contributed by atoms with Crippen molar-refractivity contribution in [2.75, 3.05) is 60.7 Å². The Balaban J connectivity index is 1.87. The van der Waals surface area contributed by atoms with E-state index in [1.54, 1.807) is 28.3 Å². The summed E-state index contributed by atoms with van der Waals surface area (Å²) in [5.74, 6) is 1.58. The lowest BCUT2D eigenvalue weighted by molar-refractivity contribution is -0.145. The number of ether oxygens (including phenoxy) is 4. The first-order valence-corrected chi connectivity index (χ1v) is 9.47. The van der Waals surface area contributed by atoms with Gasteiger partial charge in [-0.15, -0.1) is 0 Å². The minimum Gasteiger partial charge on any atom is -0.493 e. The Bertz CT molecular complexity index is 646. The molecule has 1 fully saturated rings. The predicted molar refractivity (Wildman–Crippen MR) is 104 cm³/mol. The van der Waals surface area contributed by atoms with Crippen molar-refractivity contribution in [3.8, 4) is 17.2 Å². The molecule has 28 heavy (non-hydrogen) atoms. The van der Waals surface area contributed by atoms with Crippen LogP contribution in [0, 0.1) is 0 Å². The predicted octanol–water partition coefficient (Wildman–Crippen LogP) is 1.35. The van der Waals surface area contributed by atoms with Gasteiger partial charge in [0.25, 0.3) is 0 Å². The lowest BCUT2D eigenvalue weighted by atomic mass is 10.1. The van der Waals surface area contributed by atoms with E-state index >= 15 is 0 Å². The highest BCUT2D eigenvalue weighted by Crippen LogP contribution is 2.38. The Hall–Kier alpha value is -2.48. The van der Waals surface area contributed by atoms with Crippen molar-refractivity contribution in [1.29, 1.82) is 0 Å². The lowest BCUT2D eigenvalue weighted by Crippen LogP contribution is -2.50. The molecule has 0 aliphatic carbocycles. The standard InChI is InChI=1S/C20H30N2O6/c1-5-28-19(24)14-21-8-10-22(11-9-21)18(23)7-6-15-12-16(25-2)20(27-4)17(13-15)26-3/h12-13H,5-11,14H2,1-4H3. The molecule has 0 radical (unpaired) electrons. The SMILES string of the molecule is CCOC(=O)CN1CCN(C(=O)CCc2cc(OC)c(OC)c(OC)c2)CC1. The summed E-state index contributed by atoms with van der Waals surface area (Å²) in [5, 5.41) is 0. The molecule has 1 aliphatic rings. The van der Waals surface area contributed by atoms with Crippen LogP contribution in [0.15, 0.2) is 12.1 Å². The molecular formula is C20H30N2O6. The van der Waals surface area contributed by atoms with Gasteiger partial charge in [0.2, 0.25) is 11.7 Å². The number of benzene rings is 1. The molecule has 1 amide bonds. The van der Waals surface area contributed by atoms with Gasteiger partial charge in [0.15, 0.2) is 11.5 Å². The molecule has 0 N–H and O–H groups in total. The largest absolute Gasteiger partial charge is 0.493 e. The van der Waals surface area contributed by atoms with Crippen LogP contribution in [0.1, 0.15) is 18.9 Å². The number of aryl methyl sites for hydroxylation is 1. The van der Waals surface area contributed by atoms with Crippen LogP contribution >= 0.6 is 0 Å². The average molecular weight is 394 g/mol. The number of piperazine rings is 1. The van der Waals surface area contributed by atoms with Crippen molar-refractivity contribution >= 4 is 11.9 Å². The van der Waals surface area contributed by atoms with Gasteiger partial charge in [-0.3, -0.25) is 14.5 Å². The molecule has 1 aromatic carbocycles. The third-order valence-corrected chi connectivity index (χ3v) is 4.74. The zero-order valence-corrected chi connectivity index (χ0v) is 17.2. The number of esters is 1. The van der Waals surface area contributed by atoms with Gasteiger partial charge in [-0.1, -0.05) is 0 Å². The fraction of sp³-hybridized carbons (Fsp3) is 0.600. The van der Waals surface area contributed by atoms with E-state index in [0.29, 0.717) is 62.9 Å². The molecule has 0 aromatic heterocycles. The average Bonchev–Trinajstić information content (AvgIpc) is 2.71. The van der Waals surface area contributed by atoms with E-state index in [9.17, 15) is 9.59 Å². The molecular weight excluding hydrogens is 364 g/mol. The molecule has 1 saturated heterocycles. The van der Waals surface area contributed by atoms with E-state index in [-0.39, 0.29) is 18.4 Å². The molecule has 8 nitrogen and oxygen atoms in total. The Morgan fingerprint density at radius 1 is 0.964 bits per heavy atom. The van der Waals surface area contributed by atoms with Crippen LogP contribution in [0.5, 0.6) is 17.2 Å². The highest BCUT2D eigenvalue weighted by atomic mass is 16.5. The van der Waals surface area contributed by atoms with Crippen LogP contribution in [0.3, 0.4) is 0 Å². The maximum Gasteiger partial charge on any atom is 0.320 e. The van der Waals surface area contributed by atoms with Gasteiger partial charge in [0, 0.05) is 32.6 Å². The molecule has 0 spiro atoms. The Labute approximate surface area is 166 Å². The smallest absolute Gasteiger partial charge is 0.320 e. The van der Waals surface area contributed by atoms with Crippen LogP contribution in [0.25, 0.3) is 0 Å². The van der Waals surface area contributed by atoms with Crippen molar-refractivity contribution in [3.05, 3.63) is 17.7 Å². The Kier molecular flexibility index (Phi) is 8.38. The van der Waals surface area contributed by atoms with Crippen LogP contribution in [-0.2, 0) is 20.7 Å². The molecule has 0 bridgehead atoms. The monoisotopic (exact) mass is 394 g/mol. The summed E-state index contributed by atoms with van der Waals surface area (Å²) in [6, 6.07) is 3.73. The topological polar surface area (TPSA) is 77.5 Å². The second kappa shape index (κ2) is 10.8. The molecule has 0 unspecified atom stereocenters. The van der Waals surface area contributed by atoms with Crippen molar-refractivity contribution < 1.29 is 28.5 Å². The Morgan fingerprint density at radius 3 is 2.07 bits per heavy atom. The van der Waals surface area contributed by atoms with E-state index in [4.69, 9.17) is 18.9 Å². The van der Waals surface area contributed by atoms with E-state index in [1.807, 2.05) is 21.9 Å². The van der Waals surface area contributed by atoms with Gasteiger partial charge < -0.3 is 23.8 Å². The summed E-state index contributed by atoms with van der Waals surface area (Å²) in [7, 11) is 4.70. The third kappa shape index (κ3) is 5.76. The number of nitrogens with zero attached hydrogens (tertiary/aromatic N) is 2. The number of carbonyl (C=O) groups is 2. The summed E-state index contributed by atoms with van der Waals surface area (Å²) in [5.41, 5.74) is 0.948. The molecule has 8 heteroatoms.